The molecule has 210 valence electrons. The molecule has 1 saturated heterocycles. The van der Waals surface area contributed by atoms with Crippen molar-refractivity contribution in [1.29, 1.82) is 0 Å². The summed E-state index contributed by atoms with van der Waals surface area (Å²) in [6, 6.07) is 15.8. The van der Waals surface area contributed by atoms with Crippen molar-refractivity contribution in [2.24, 2.45) is 5.92 Å². The van der Waals surface area contributed by atoms with Crippen molar-refractivity contribution < 1.29 is 19.1 Å². The van der Waals surface area contributed by atoms with Crippen molar-refractivity contribution in [2.45, 2.75) is 70.2 Å². The number of hydrogen-bond donors (Lipinski definition) is 3. The molecular formula is C31H37N5O4. The van der Waals surface area contributed by atoms with Crippen LogP contribution in [-0.2, 0) is 27.5 Å². The number of nitrogens with two attached hydrogens (primary N) is 1. The number of aromatic nitrogens is 1. The standard InChI is InChI=1S/C31H37N5O4/c32-28-25-17-23(11-12-24(25)13-15-33-28)19-34-29(37)27-14-16-36(27)30(38)26(18-21-7-3-1-4-8-21)35-31(39)40-20-22-9-5-2-6-10-22/h2,5-6,9-13,15,17,21,26-27H,1,3-4,7-8,14,16,18-20H2,(H2,32,33)(H,34,37)(H,35,39)/t26-,27?/m1/s1. The van der Waals surface area contributed by atoms with E-state index in [1.54, 1.807) is 11.1 Å². The average molecular weight is 544 g/mol. The molecule has 9 nitrogen and oxygen atoms in total. The highest BCUT2D eigenvalue weighted by Crippen LogP contribution is 2.29. The summed E-state index contributed by atoms with van der Waals surface area (Å²) >= 11 is 0. The lowest BCUT2D eigenvalue weighted by Crippen LogP contribution is -2.62. The third-order valence-electron chi connectivity index (χ3n) is 8.03. The van der Waals surface area contributed by atoms with Gasteiger partial charge in [-0.3, -0.25) is 9.59 Å². The van der Waals surface area contributed by atoms with Crippen molar-refractivity contribution in [3.8, 4) is 0 Å². The van der Waals surface area contributed by atoms with Crippen LogP contribution in [0.1, 0.15) is 56.1 Å². The first-order chi connectivity index (χ1) is 19.5. The summed E-state index contributed by atoms with van der Waals surface area (Å²) in [5, 5.41) is 7.61. The van der Waals surface area contributed by atoms with Gasteiger partial charge in [0, 0.05) is 24.7 Å². The molecule has 1 aliphatic heterocycles. The fraction of sp³-hybridized carbons (Fsp3) is 0.419. The SMILES string of the molecule is Nc1nccc2ccc(CNC(=O)C3CCN3C(=O)[C@@H](CC3CCCCC3)NC(=O)OCc3ccccc3)cc12. The summed E-state index contributed by atoms with van der Waals surface area (Å²) in [4.78, 5) is 45.1. The van der Waals surface area contributed by atoms with Crippen LogP contribution in [0.3, 0.4) is 0 Å². The number of carbonyl (C=O) groups excluding carboxylic acids is 3. The van der Waals surface area contributed by atoms with Crippen LogP contribution in [0.2, 0.25) is 0 Å². The molecule has 2 aliphatic rings. The fourth-order valence-corrected chi connectivity index (χ4v) is 5.66. The molecule has 5 rings (SSSR count). The van der Waals surface area contributed by atoms with Crippen LogP contribution in [0.25, 0.3) is 10.8 Å². The Morgan fingerprint density at radius 1 is 1.00 bits per heavy atom. The maximum absolute atomic E-state index is 13.6. The number of hydrogen-bond acceptors (Lipinski definition) is 6. The first kappa shape index (κ1) is 27.4. The smallest absolute Gasteiger partial charge is 0.408 e. The Balaban J connectivity index is 1.20. The van der Waals surface area contributed by atoms with E-state index in [4.69, 9.17) is 10.5 Å². The molecule has 1 aromatic heterocycles. The Morgan fingerprint density at radius 2 is 1.80 bits per heavy atom. The van der Waals surface area contributed by atoms with Gasteiger partial charge in [-0.15, -0.1) is 0 Å². The van der Waals surface area contributed by atoms with E-state index in [1.807, 2.05) is 54.6 Å². The number of anilines is 1. The number of ether oxygens (including phenoxy) is 1. The number of amides is 3. The van der Waals surface area contributed by atoms with Gasteiger partial charge in [0.25, 0.3) is 0 Å². The second kappa shape index (κ2) is 12.8. The maximum Gasteiger partial charge on any atom is 0.408 e. The summed E-state index contributed by atoms with van der Waals surface area (Å²) in [5.74, 6) is 0.376. The van der Waals surface area contributed by atoms with Crippen LogP contribution < -0.4 is 16.4 Å². The number of rotatable bonds is 9. The molecule has 3 aromatic rings. The van der Waals surface area contributed by atoms with Crippen LogP contribution in [0, 0.1) is 5.92 Å². The van der Waals surface area contributed by atoms with Crippen molar-refractivity contribution in [1.82, 2.24) is 20.5 Å². The van der Waals surface area contributed by atoms with Crippen LogP contribution in [0.15, 0.2) is 60.8 Å². The quantitative estimate of drug-likeness (QED) is 0.369. The summed E-state index contributed by atoms with van der Waals surface area (Å²) in [7, 11) is 0. The van der Waals surface area contributed by atoms with E-state index >= 15 is 0 Å². The molecule has 2 heterocycles. The highest BCUT2D eigenvalue weighted by molar-refractivity contribution is 5.93. The monoisotopic (exact) mass is 543 g/mol. The largest absolute Gasteiger partial charge is 0.445 e. The molecule has 2 atom stereocenters. The highest BCUT2D eigenvalue weighted by atomic mass is 16.5. The number of pyridine rings is 1. The summed E-state index contributed by atoms with van der Waals surface area (Å²) in [6.07, 6.45) is 7.74. The molecular weight excluding hydrogens is 506 g/mol. The minimum absolute atomic E-state index is 0.127. The molecule has 40 heavy (non-hydrogen) atoms. The lowest BCUT2D eigenvalue weighted by molar-refractivity contribution is -0.149. The zero-order valence-electron chi connectivity index (χ0n) is 22.7. The van der Waals surface area contributed by atoms with Crippen molar-refractivity contribution >= 4 is 34.5 Å². The van der Waals surface area contributed by atoms with Gasteiger partial charge in [-0.25, -0.2) is 9.78 Å². The fourth-order valence-electron chi connectivity index (χ4n) is 5.66. The third-order valence-corrected chi connectivity index (χ3v) is 8.03. The van der Waals surface area contributed by atoms with E-state index < -0.39 is 18.2 Å². The molecule has 1 saturated carbocycles. The van der Waals surface area contributed by atoms with Gasteiger partial charge in [0.05, 0.1) is 0 Å². The molecule has 0 radical (unpaired) electrons. The van der Waals surface area contributed by atoms with E-state index in [9.17, 15) is 14.4 Å². The van der Waals surface area contributed by atoms with Gasteiger partial charge in [-0.05, 0) is 47.4 Å². The normalized spacial score (nSPS) is 18.0. The molecule has 2 aromatic carbocycles. The minimum atomic E-state index is -0.724. The molecule has 0 bridgehead atoms. The number of nitrogens with one attached hydrogen (secondary N) is 2. The van der Waals surface area contributed by atoms with Gasteiger partial charge >= 0.3 is 6.09 Å². The summed E-state index contributed by atoms with van der Waals surface area (Å²) < 4.78 is 5.42. The van der Waals surface area contributed by atoms with Gasteiger partial charge in [0.1, 0.15) is 24.5 Å². The Morgan fingerprint density at radius 3 is 2.55 bits per heavy atom. The van der Waals surface area contributed by atoms with Crippen molar-refractivity contribution in [3.05, 3.63) is 71.9 Å². The molecule has 3 amide bonds. The first-order valence-electron chi connectivity index (χ1n) is 14.2. The van der Waals surface area contributed by atoms with Gasteiger partial charge in [-0.2, -0.15) is 0 Å². The van der Waals surface area contributed by atoms with Crippen LogP contribution in [-0.4, -0.2) is 46.4 Å². The topological polar surface area (TPSA) is 127 Å². The van der Waals surface area contributed by atoms with E-state index in [2.05, 4.69) is 15.6 Å². The first-order valence-corrected chi connectivity index (χ1v) is 14.2. The predicted molar refractivity (Wildman–Crippen MR) is 153 cm³/mol. The summed E-state index contributed by atoms with van der Waals surface area (Å²) in [6.45, 7) is 0.927. The minimum Gasteiger partial charge on any atom is -0.445 e. The van der Waals surface area contributed by atoms with Crippen LogP contribution >= 0.6 is 0 Å². The van der Waals surface area contributed by atoms with E-state index in [0.717, 1.165) is 47.6 Å². The average Bonchev–Trinajstić information content (AvgIpc) is 2.95. The van der Waals surface area contributed by atoms with Gasteiger partial charge in [-0.1, -0.05) is 74.6 Å². The molecule has 0 spiro atoms. The van der Waals surface area contributed by atoms with Gasteiger partial charge in [0.15, 0.2) is 0 Å². The van der Waals surface area contributed by atoms with E-state index in [-0.39, 0.29) is 18.4 Å². The lowest BCUT2D eigenvalue weighted by atomic mass is 9.84. The molecule has 2 fully saturated rings. The maximum atomic E-state index is 13.6. The van der Waals surface area contributed by atoms with E-state index in [1.165, 1.54) is 6.42 Å². The molecule has 1 aliphatic carbocycles. The number of benzene rings is 2. The van der Waals surface area contributed by atoms with Crippen LogP contribution in [0.4, 0.5) is 10.6 Å². The number of likely N-dealkylation sites (tertiary alicyclic amines) is 1. The Hall–Kier alpha value is -4.14. The number of carbonyl (C=O) groups is 3. The molecule has 1 unspecified atom stereocenters. The highest BCUT2D eigenvalue weighted by Gasteiger charge is 2.41. The summed E-state index contributed by atoms with van der Waals surface area (Å²) in [5.41, 5.74) is 7.78. The Kier molecular flexibility index (Phi) is 8.78. The number of nitrogens with zero attached hydrogens (tertiary/aromatic N) is 2. The zero-order chi connectivity index (χ0) is 27.9. The second-order valence-electron chi connectivity index (χ2n) is 10.8. The number of fused-ring (bicyclic) bond motifs is 1. The predicted octanol–water partition coefficient (Wildman–Crippen LogP) is 4.30. The van der Waals surface area contributed by atoms with Crippen molar-refractivity contribution in [3.63, 3.8) is 0 Å². The zero-order valence-corrected chi connectivity index (χ0v) is 22.7. The number of nitrogen functional groups attached to an aromatic ring is 1. The Bertz CT molecular complexity index is 1340. The van der Waals surface area contributed by atoms with Gasteiger partial charge in [0.2, 0.25) is 11.8 Å². The second-order valence-corrected chi connectivity index (χ2v) is 10.8. The van der Waals surface area contributed by atoms with Crippen molar-refractivity contribution in [2.75, 3.05) is 12.3 Å². The third kappa shape index (κ3) is 6.70. The Labute approximate surface area is 234 Å². The van der Waals surface area contributed by atoms with E-state index in [0.29, 0.717) is 37.7 Å². The van der Waals surface area contributed by atoms with Gasteiger partial charge < -0.3 is 26.0 Å². The molecule has 4 N–H and O–H groups in total. The lowest BCUT2D eigenvalue weighted by Gasteiger charge is -2.42. The number of alkyl carbamates (subject to hydrolysis) is 1. The molecule has 9 heteroatoms. The van der Waals surface area contributed by atoms with Crippen LogP contribution in [0.5, 0.6) is 0 Å².